The lowest BCUT2D eigenvalue weighted by atomic mass is 10.0. The summed E-state index contributed by atoms with van der Waals surface area (Å²) in [5.74, 6) is 0.902. The molecular weight excluding hydrogens is 480 g/mol. The second kappa shape index (κ2) is 8.34. The Labute approximate surface area is 199 Å². The third kappa shape index (κ3) is 3.83. The lowest BCUT2D eigenvalue weighted by molar-refractivity contribution is 0.109. The average molecular weight is 509 g/mol. The molecule has 3 heterocycles. The molecule has 2 aromatic rings. The van der Waals surface area contributed by atoms with Crippen LogP contribution < -0.4 is 0 Å². The van der Waals surface area contributed by atoms with E-state index >= 15 is 0 Å². The van der Waals surface area contributed by atoms with Crippen LogP contribution in [-0.4, -0.2) is 56.7 Å². The van der Waals surface area contributed by atoms with E-state index < -0.39 is 20.0 Å². The van der Waals surface area contributed by atoms with Crippen molar-refractivity contribution in [3.8, 4) is 0 Å². The Bertz CT molecular complexity index is 1340. The van der Waals surface area contributed by atoms with Crippen molar-refractivity contribution in [2.75, 3.05) is 26.2 Å². The Balaban J connectivity index is 1.71. The zero-order valence-corrected chi connectivity index (χ0v) is 21.2. The molecule has 178 valence electrons. The lowest BCUT2D eigenvalue weighted by Gasteiger charge is -2.31. The van der Waals surface area contributed by atoms with Gasteiger partial charge in [-0.2, -0.15) is 8.61 Å². The number of carbonyl (C=O) groups is 1. The van der Waals surface area contributed by atoms with Crippen LogP contribution in [0.15, 0.2) is 39.0 Å². The molecule has 0 N–H and O–H groups in total. The molecule has 10 heteroatoms. The van der Waals surface area contributed by atoms with Crippen molar-refractivity contribution < 1.29 is 21.6 Å². The van der Waals surface area contributed by atoms with E-state index in [2.05, 4.69) is 13.8 Å². The molecule has 3 aliphatic heterocycles. The molecule has 3 aliphatic rings. The second-order valence-electron chi connectivity index (χ2n) is 9.49. The molecule has 0 saturated carbocycles. The van der Waals surface area contributed by atoms with E-state index in [-0.39, 0.29) is 14.9 Å². The lowest BCUT2D eigenvalue weighted by Crippen LogP contribution is -2.39. The van der Waals surface area contributed by atoms with Crippen LogP contribution >= 0.6 is 11.8 Å². The van der Waals surface area contributed by atoms with Gasteiger partial charge < -0.3 is 0 Å². The number of hydrogen-bond donors (Lipinski definition) is 0. The molecule has 2 saturated heterocycles. The van der Waals surface area contributed by atoms with Crippen molar-refractivity contribution >= 4 is 47.7 Å². The number of piperidine rings is 2. The predicted octanol–water partition coefficient (Wildman–Crippen LogP) is 3.93. The Hall–Kier alpha value is -1.46. The first-order valence-corrected chi connectivity index (χ1v) is 15.1. The van der Waals surface area contributed by atoms with Gasteiger partial charge >= 0.3 is 0 Å². The number of hydrogen-bond acceptors (Lipinski definition) is 6. The smallest absolute Gasteiger partial charge is 0.244 e. The largest absolute Gasteiger partial charge is 0.281 e. The van der Waals surface area contributed by atoms with Gasteiger partial charge in [0.2, 0.25) is 25.2 Å². The molecular formula is C23H28N2O5S3. The van der Waals surface area contributed by atoms with Crippen LogP contribution in [0.25, 0.3) is 10.8 Å². The van der Waals surface area contributed by atoms with Crippen molar-refractivity contribution in [1.29, 1.82) is 0 Å². The second-order valence-corrected chi connectivity index (χ2v) is 14.3. The molecule has 0 radical (unpaired) electrons. The summed E-state index contributed by atoms with van der Waals surface area (Å²) in [4.78, 5) is 13.0. The van der Waals surface area contributed by atoms with Gasteiger partial charge in [-0.3, -0.25) is 4.79 Å². The van der Waals surface area contributed by atoms with Crippen LogP contribution in [0.3, 0.4) is 0 Å². The Morgan fingerprint density at radius 3 is 1.88 bits per heavy atom. The summed E-state index contributed by atoms with van der Waals surface area (Å²) in [6.07, 6.45) is 3.06. The SMILES string of the molecule is CC1CCN(S(=O)(=O)c2cc(S(=O)(=O)N3CCC(C)CC3)c3cccc4c3c2SC4=O)CC1. The summed E-state index contributed by atoms with van der Waals surface area (Å²) < 4.78 is 57.9. The molecule has 0 amide bonds. The number of benzene rings is 2. The van der Waals surface area contributed by atoms with Gasteiger partial charge in [-0.1, -0.05) is 26.0 Å². The van der Waals surface area contributed by atoms with Gasteiger partial charge in [0.05, 0.1) is 9.79 Å². The minimum absolute atomic E-state index is 0.0168. The van der Waals surface area contributed by atoms with E-state index in [9.17, 15) is 21.6 Å². The number of nitrogens with zero attached hydrogens (tertiary/aromatic N) is 2. The Morgan fingerprint density at radius 2 is 1.33 bits per heavy atom. The molecule has 0 aromatic heterocycles. The van der Waals surface area contributed by atoms with Gasteiger partial charge in [-0.05, 0) is 61.4 Å². The number of sulfonamides is 2. The number of thioether (sulfide) groups is 1. The van der Waals surface area contributed by atoms with Crippen LogP contribution in [0, 0.1) is 11.8 Å². The summed E-state index contributed by atoms with van der Waals surface area (Å²) in [5.41, 5.74) is 0.375. The molecule has 2 aromatic carbocycles. The number of carbonyl (C=O) groups excluding carboxylic acids is 1. The highest BCUT2D eigenvalue weighted by atomic mass is 32.2. The van der Waals surface area contributed by atoms with Crippen molar-refractivity contribution in [3.63, 3.8) is 0 Å². The summed E-state index contributed by atoms with van der Waals surface area (Å²) in [6, 6.07) is 6.31. The molecule has 0 spiro atoms. The van der Waals surface area contributed by atoms with E-state index in [4.69, 9.17) is 0 Å². The standard InChI is InChI=1S/C23H28N2O5S3/c1-15-6-10-24(11-7-15)32(27,28)19-14-20(33(29,30)25-12-8-16(2)9-13-25)22-21-17(19)4-3-5-18(21)23(26)31-22/h3-5,14-16H,6-13H2,1-2H3. The molecule has 0 unspecified atom stereocenters. The molecule has 0 atom stereocenters. The topological polar surface area (TPSA) is 91.8 Å². The summed E-state index contributed by atoms with van der Waals surface area (Å²) >= 11 is 0.890. The predicted molar refractivity (Wildman–Crippen MR) is 128 cm³/mol. The molecule has 7 nitrogen and oxygen atoms in total. The average Bonchev–Trinajstić information content (AvgIpc) is 3.12. The van der Waals surface area contributed by atoms with Crippen LogP contribution in [0.4, 0.5) is 0 Å². The third-order valence-electron chi connectivity index (χ3n) is 7.18. The fourth-order valence-electron chi connectivity index (χ4n) is 4.94. The van der Waals surface area contributed by atoms with Crippen molar-refractivity contribution in [2.45, 2.75) is 54.2 Å². The highest BCUT2D eigenvalue weighted by molar-refractivity contribution is 8.15. The van der Waals surface area contributed by atoms with Crippen LogP contribution in [0.2, 0.25) is 0 Å². The maximum Gasteiger partial charge on any atom is 0.244 e. The van der Waals surface area contributed by atoms with E-state index in [1.165, 1.54) is 14.7 Å². The Kier molecular flexibility index (Phi) is 5.88. The monoisotopic (exact) mass is 508 g/mol. The van der Waals surface area contributed by atoms with Crippen LogP contribution in [-0.2, 0) is 20.0 Å². The van der Waals surface area contributed by atoms with Gasteiger partial charge in [-0.15, -0.1) is 0 Å². The molecule has 0 aliphatic carbocycles. The van der Waals surface area contributed by atoms with E-state index in [1.807, 2.05) is 0 Å². The highest BCUT2D eigenvalue weighted by Gasteiger charge is 2.39. The first kappa shape index (κ1) is 23.3. The first-order valence-electron chi connectivity index (χ1n) is 11.4. The summed E-state index contributed by atoms with van der Waals surface area (Å²) in [7, 11) is -7.88. The molecule has 33 heavy (non-hydrogen) atoms. The first-order chi connectivity index (χ1) is 15.6. The minimum atomic E-state index is -3.95. The van der Waals surface area contributed by atoms with E-state index in [0.717, 1.165) is 37.4 Å². The van der Waals surface area contributed by atoms with E-state index in [0.29, 0.717) is 59.2 Å². The summed E-state index contributed by atoms with van der Waals surface area (Å²) in [6.45, 7) is 5.82. The quantitative estimate of drug-likeness (QED) is 0.622. The normalized spacial score (nSPS) is 21.8. The maximum atomic E-state index is 13.8. The number of rotatable bonds is 4. The van der Waals surface area contributed by atoms with E-state index in [1.54, 1.807) is 18.2 Å². The van der Waals surface area contributed by atoms with Crippen molar-refractivity contribution in [1.82, 2.24) is 8.61 Å². The molecule has 2 fully saturated rings. The van der Waals surface area contributed by atoms with Crippen molar-refractivity contribution in [2.24, 2.45) is 11.8 Å². The van der Waals surface area contributed by atoms with Gasteiger partial charge in [0, 0.05) is 47.4 Å². The zero-order valence-electron chi connectivity index (χ0n) is 18.8. The van der Waals surface area contributed by atoms with Gasteiger partial charge in [0.15, 0.2) is 0 Å². The maximum absolute atomic E-state index is 13.8. The van der Waals surface area contributed by atoms with Crippen molar-refractivity contribution in [3.05, 3.63) is 29.8 Å². The summed E-state index contributed by atoms with van der Waals surface area (Å²) in [5, 5.41) is 0.620. The zero-order chi connectivity index (χ0) is 23.5. The van der Waals surface area contributed by atoms with Crippen LogP contribution in [0.1, 0.15) is 49.9 Å². The molecule has 0 bridgehead atoms. The van der Waals surface area contributed by atoms with Gasteiger partial charge in [0.1, 0.15) is 0 Å². The molecule has 5 rings (SSSR count). The van der Waals surface area contributed by atoms with Gasteiger partial charge in [-0.25, -0.2) is 16.8 Å². The minimum Gasteiger partial charge on any atom is -0.281 e. The Morgan fingerprint density at radius 1 is 0.818 bits per heavy atom. The van der Waals surface area contributed by atoms with Gasteiger partial charge in [0.25, 0.3) is 0 Å². The van der Waals surface area contributed by atoms with Crippen LogP contribution in [0.5, 0.6) is 0 Å². The highest BCUT2D eigenvalue weighted by Crippen LogP contribution is 2.47. The fraction of sp³-hybridized carbons (Fsp3) is 0.522. The third-order valence-corrected chi connectivity index (χ3v) is 12.2. The fourth-order valence-corrected chi connectivity index (χ4v) is 9.66.